The summed E-state index contributed by atoms with van der Waals surface area (Å²) in [6.45, 7) is 5.89. The average Bonchev–Trinajstić information content (AvgIpc) is 3.01. The van der Waals surface area contributed by atoms with Gasteiger partial charge in [0.15, 0.2) is 0 Å². The maximum absolute atomic E-state index is 9.82. The highest BCUT2D eigenvalue weighted by atomic mass is 16.5. The normalized spacial score (nSPS) is 32.8. The van der Waals surface area contributed by atoms with E-state index < -0.39 is 6.10 Å². The lowest BCUT2D eigenvalue weighted by molar-refractivity contribution is -0.0165. The molecular weight excluding hydrogens is 242 g/mol. The molecule has 4 atom stereocenters. The van der Waals surface area contributed by atoms with Crippen LogP contribution in [0.15, 0.2) is 0 Å². The Bertz CT molecular complexity index is 244. The second kappa shape index (κ2) is 8.20. The van der Waals surface area contributed by atoms with Crippen molar-refractivity contribution in [2.75, 3.05) is 32.9 Å². The summed E-state index contributed by atoms with van der Waals surface area (Å²) < 4.78 is 11.0. The van der Waals surface area contributed by atoms with E-state index in [1.165, 1.54) is 19.3 Å². The summed E-state index contributed by atoms with van der Waals surface area (Å²) in [5.74, 6) is 1.68. The zero-order valence-electron chi connectivity index (χ0n) is 12.1. The zero-order valence-corrected chi connectivity index (χ0v) is 12.1. The maximum atomic E-state index is 9.82. The third-order valence-corrected chi connectivity index (χ3v) is 4.25. The molecule has 2 fully saturated rings. The van der Waals surface area contributed by atoms with E-state index in [-0.39, 0.29) is 6.10 Å². The van der Waals surface area contributed by atoms with Gasteiger partial charge in [-0.3, -0.25) is 0 Å². The molecule has 0 spiro atoms. The molecule has 0 aromatic heterocycles. The van der Waals surface area contributed by atoms with E-state index in [4.69, 9.17) is 9.47 Å². The first kappa shape index (κ1) is 15.2. The van der Waals surface area contributed by atoms with Gasteiger partial charge in [-0.2, -0.15) is 0 Å². The number of aliphatic hydroxyl groups excluding tert-OH is 1. The van der Waals surface area contributed by atoms with Gasteiger partial charge in [-0.05, 0) is 44.1 Å². The fourth-order valence-corrected chi connectivity index (χ4v) is 3.13. The molecule has 19 heavy (non-hydrogen) atoms. The van der Waals surface area contributed by atoms with Crippen LogP contribution >= 0.6 is 0 Å². The molecule has 1 aliphatic heterocycles. The van der Waals surface area contributed by atoms with Crippen LogP contribution in [0.25, 0.3) is 0 Å². The Morgan fingerprint density at radius 2 is 2.26 bits per heavy atom. The number of ether oxygens (including phenoxy) is 2. The van der Waals surface area contributed by atoms with Crippen LogP contribution in [0, 0.1) is 11.8 Å². The predicted octanol–water partition coefficient (Wildman–Crippen LogP) is 1.57. The summed E-state index contributed by atoms with van der Waals surface area (Å²) in [7, 11) is 0. The number of hydrogen-bond donors (Lipinski definition) is 2. The average molecular weight is 271 g/mol. The number of hydrogen-bond acceptors (Lipinski definition) is 4. The lowest BCUT2D eigenvalue weighted by Crippen LogP contribution is -2.33. The second-order valence-corrected chi connectivity index (χ2v) is 6.27. The lowest BCUT2D eigenvalue weighted by Gasteiger charge is -2.16. The van der Waals surface area contributed by atoms with Gasteiger partial charge in [0, 0.05) is 13.2 Å². The van der Waals surface area contributed by atoms with Crippen LogP contribution in [-0.2, 0) is 9.47 Å². The third-order valence-electron chi connectivity index (χ3n) is 4.25. The highest BCUT2D eigenvalue weighted by Gasteiger charge is 2.21. The lowest BCUT2D eigenvalue weighted by atomic mass is 10.1. The smallest absolute Gasteiger partial charge is 0.0897 e. The highest BCUT2D eigenvalue weighted by Crippen LogP contribution is 2.29. The molecule has 4 heteroatoms. The third kappa shape index (κ3) is 5.78. The van der Waals surface area contributed by atoms with Gasteiger partial charge in [0.2, 0.25) is 0 Å². The van der Waals surface area contributed by atoms with Crippen molar-refractivity contribution < 1.29 is 14.6 Å². The maximum Gasteiger partial charge on any atom is 0.0897 e. The topological polar surface area (TPSA) is 50.7 Å². The second-order valence-electron chi connectivity index (χ2n) is 6.27. The Hall–Kier alpha value is -0.160. The minimum absolute atomic E-state index is 0.250. The van der Waals surface area contributed by atoms with Gasteiger partial charge in [0.1, 0.15) is 0 Å². The molecule has 1 aliphatic carbocycles. The Morgan fingerprint density at radius 1 is 1.37 bits per heavy atom. The molecule has 0 radical (unpaired) electrons. The molecule has 0 aromatic carbocycles. The Labute approximate surface area is 116 Å². The molecule has 4 unspecified atom stereocenters. The van der Waals surface area contributed by atoms with Crippen molar-refractivity contribution >= 4 is 0 Å². The largest absolute Gasteiger partial charge is 0.389 e. The first-order valence-electron chi connectivity index (χ1n) is 7.82. The first-order chi connectivity index (χ1) is 9.24. The van der Waals surface area contributed by atoms with Crippen LogP contribution in [0.1, 0.15) is 39.0 Å². The van der Waals surface area contributed by atoms with E-state index in [1.54, 1.807) is 0 Å². The van der Waals surface area contributed by atoms with Crippen LogP contribution in [0.2, 0.25) is 0 Å². The summed E-state index contributed by atoms with van der Waals surface area (Å²) in [6, 6.07) is 0. The van der Waals surface area contributed by atoms with Crippen molar-refractivity contribution in [1.29, 1.82) is 0 Å². The first-order valence-corrected chi connectivity index (χ1v) is 7.82. The molecule has 2 aliphatic rings. The fourth-order valence-electron chi connectivity index (χ4n) is 3.13. The van der Waals surface area contributed by atoms with E-state index in [2.05, 4.69) is 12.2 Å². The summed E-state index contributed by atoms with van der Waals surface area (Å²) in [5.41, 5.74) is 0. The van der Waals surface area contributed by atoms with E-state index in [0.717, 1.165) is 37.8 Å². The molecule has 1 saturated carbocycles. The summed E-state index contributed by atoms with van der Waals surface area (Å²) in [5, 5.41) is 13.2. The summed E-state index contributed by atoms with van der Waals surface area (Å²) in [6.07, 6.45) is 6.10. The standard InChI is InChI=1S/C15H29NO3/c1-12-4-5-13(7-12)8-16-9-14(17)10-18-11-15-3-2-6-19-15/h12-17H,2-11H2,1H3. The Morgan fingerprint density at radius 3 is 2.95 bits per heavy atom. The van der Waals surface area contributed by atoms with Crippen LogP contribution in [0.4, 0.5) is 0 Å². The number of nitrogens with one attached hydrogen (secondary N) is 1. The number of rotatable bonds is 8. The van der Waals surface area contributed by atoms with Crippen LogP contribution in [0.5, 0.6) is 0 Å². The SMILES string of the molecule is CC1CCC(CNCC(O)COCC2CCCO2)C1. The van der Waals surface area contributed by atoms with Gasteiger partial charge in [-0.1, -0.05) is 13.3 Å². The van der Waals surface area contributed by atoms with Gasteiger partial charge in [0.05, 0.1) is 25.4 Å². The van der Waals surface area contributed by atoms with Crippen LogP contribution < -0.4 is 5.32 Å². The minimum Gasteiger partial charge on any atom is -0.389 e. The van der Waals surface area contributed by atoms with Crippen LogP contribution in [0.3, 0.4) is 0 Å². The molecule has 1 heterocycles. The van der Waals surface area contributed by atoms with Crippen LogP contribution in [-0.4, -0.2) is 50.2 Å². The van der Waals surface area contributed by atoms with Crippen molar-refractivity contribution in [2.24, 2.45) is 11.8 Å². The Kier molecular flexibility index (Phi) is 6.57. The molecular formula is C15H29NO3. The van der Waals surface area contributed by atoms with Crippen molar-refractivity contribution in [3.63, 3.8) is 0 Å². The molecule has 0 bridgehead atoms. The fraction of sp³-hybridized carbons (Fsp3) is 1.00. The summed E-state index contributed by atoms with van der Waals surface area (Å²) >= 11 is 0. The minimum atomic E-state index is -0.403. The van der Waals surface area contributed by atoms with Crippen molar-refractivity contribution in [3.05, 3.63) is 0 Å². The predicted molar refractivity (Wildman–Crippen MR) is 75.2 cm³/mol. The van der Waals surface area contributed by atoms with Crippen molar-refractivity contribution in [1.82, 2.24) is 5.32 Å². The van der Waals surface area contributed by atoms with E-state index in [1.807, 2.05) is 0 Å². The van der Waals surface area contributed by atoms with E-state index in [9.17, 15) is 5.11 Å². The van der Waals surface area contributed by atoms with Gasteiger partial charge in [0.25, 0.3) is 0 Å². The van der Waals surface area contributed by atoms with Crippen molar-refractivity contribution in [2.45, 2.75) is 51.2 Å². The van der Waals surface area contributed by atoms with Crippen molar-refractivity contribution in [3.8, 4) is 0 Å². The van der Waals surface area contributed by atoms with E-state index in [0.29, 0.717) is 19.8 Å². The van der Waals surface area contributed by atoms with Gasteiger partial charge in [-0.15, -0.1) is 0 Å². The molecule has 2 N–H and O–H groups in total. The molecule has 2 rings (SSSR count). The van der Waals surface area contributed by atoms with Gasteiger partial charge in [-0.25, -0.2) is 0 Å². The number of aliphatic hydroxyl groups is 1. The summed E-state index contributed by atoms with van der Waals surface area (Å²) in [4.78, 5) is 0. The molecule has 0 amide bonds. The quantitative estimate of drug-likeness (QED) is 0.703. The highest BCUT2D eigenvalue weighted by molar-refractivity contribution is 4.75. The molecule has 1 saturated heterocycles. The molecule has 0 aromatic rings. The van der Waals surface area contributed by atoms with Gasteiger partial charge < -0.3 is 19.9 Å². The Balaban J connectivity index is 1.44. The van der Waals surface area contributed by atoms with E-state index >= 15 is 0 Å². The zero-order chi connectivity index (χ0) is 13.5. The molecule has 4 nitrogen and oxygen atoms in total. The molecule has 112 valence electrons. The monoisotopic (exact) mass is 271 g/mol. The van der Waals surface area contributed by atoms with Gasteiger partial charge >= 0.3 is 0 Å².